The molecule has 1 aliphatic heterocycles. The Kier molecular flexibility index (Phi) is 7.06. The van der Waals surface area contributed by atoms with Gasteiger partial charge < -0.3 is 19.5 Å². The SMILES string of the molecule is CN1CCC(N(Cc2ccco2)C(=O)CCCNC(=O)c2ccsc2)CC1. The first kappa shape index (κ1) is 19.6. The van der Waals surface area contributed by atoms with Gasteiger partial charge in [0.05, 0.1) is 12.8 Å². The Labute approximate surface area is 164 Å². The van der Waals surface area contributed by atoms with E-state index in [4.69, 9.17) is 4.42 Å². The van der Waals surface area contributed by atoms with Gasteiger partial charge in [0.15, 0.2) is 0 Å². The Bertz CT molecular complexity index is 707. The average molecular weight is 390 g/mol. The summed E-state index contributed by atoms with van der Waals surface area (Å²) >= 11 is 1.50. The van der Waals surface area contributed by atoms with Crippen LogP contribution in [0.15, 0.2) is 39.6 Å². The number of hydrogen-bond acceptors (Lipinski definition) is 5. The number of piperidine rings is 1. The highest BCUT2D eigenvalue weighted by molar-refractivity contribution is 7.08. The van der Waals surface area contributed by atoms with Crippen LogP contribution in [0.25, 0.3) is 0 Å². The summed E-state index contributed by atoms with van der Waals surface area (Å²) in [5.74, 6) is 0.866. The molecule has 0 bridgehead atoms. The van der Waals surface area contributed by atoms with Gasteiger partial charge in [0.2, 0.25) is 5.91 Å². The topological polar surface area (TPSA) is 65.8 Å². The van der Waals surface area contributed by atoms with Gasteiger partial charge in [0.25, 0.3) is 5.91 Å². The van der Waals surface area contributed by atoms with Crippen LogP contribution in [0.4, 0.5) is 0 Å². The van der Waals surface area contributed by atoms with E-state index < -0.39 is 0 Å². The zero-order chi connectivity index (χ0) is 19.1. The van der Waals surface area contributed by atoms with Crippen molar-refractivity contribution in [2.24, 2.45) is 0 Å². The minimum Gasteiger partial charge on any atom is -0.467 e. The molecule has 2 aromatic heterocycles. The maximum Gasteiger partial charge on any atom is 0.252 e. The lowest BCUT2D eigenvalue weighted by molar-refractivity contribution is -0.135. The first-order valence-electron chi connectivity index (χ1n) is 9.44. The molecular formula is C20H27N3O3S. The number of nitrogens with zero attached hydrogens (tertiary/aromatic N) is 2. The van der Waals surface area contributed by atoms with Crippen LogP contribution in [0.2, 0.25) is 0 Å². The molecule has 0 spiro atoms. The quantitative estimate of drug-likeness (QED) is 0.705. The van der Waals surface area contributed by atoms with Gasteiger partial charge in [-0.25, -0.2) is 0 Å². The third-order valence-corrected chi connectivity index (χ3v) is 5.68. The molecule has 0 saturated carbocycles. The monoisotopic (exact) mass is 389 g/mol. The number of rotatable bonds is 8. The second-order valence-electron chi connectivity index (χ2n) is 7.01. The maximum atomic E-state index is 12.9. The summed E-state index contributed by atoms with van der Waals surface area (Å²) in [6, 6.07) is 5.82. The molecule has 146 valence electrons. The Morgan fingerprint density at radius 2 is 2.15 bits per heavy atom. The van der Waals surface area contributed by atoms with Gasteiger partial charge in [-0.05, 0) is 63.0 Å². The fourth-order valence-corrected chi connectivity index (χ4v) is 4.01. The van der Waals surface area contributed by atoms with Gasteiger partial charge in [0.1, 0.15) is 5.76 Å². The summed E-state index contributed by atoms with van der Waals surface area (Å²) in [6.07, 6.45) is 4.68. The average Bonchev–Trinajstić information content (AvgIpc) is 3.37. The van der Waals surface area contributed by atoms with Gasteiger partial charge in [-0.15, -0.1) is 0 Å². The lowest BCUT2D eigenvalue weighted by Gasteiger charge is -2.37. The maximum absolute atomic E-state index is 12.9. The van der Waals surface area contributed by atoms with Crippen molar-refractivity contribution in [3.63, 3.8) is 0 Å². The summed E-state index contributed by atoms with van der Waals surface area (Å²) in [5.41, 5.74) is 0.678. The van der Waals surface area contributed by atoms with Crippen LogP contribution < -0.4 is 5.32 Å². The number of nitrogens with one attached hydrogen (secondary N) is 1. The van der Waals surface area contributed by atoms with Crippen LogP contribution in [0.5, 0.6) is 0 Å². The van der Waals surface area contributed by atoms with Gasteiger partial charge in [-0.3, -0.25) is 9.59 Å². The zero-order valence-electron chi connectivity index (χ0n) is 15.7. The van der Waals surface area contributed by atoms with Crippen molar-refractivity contribution in [3.05, 3.63) is 46.5 Å². The summed E-state index contributed by atoms with van der Waals surface area (Å²) in [5, 5.41) is 6.59. The van der Waals surface area contributed by atoms with Gasteiger partial charge >= 0.3 is 0 Å². The molecule has 2 amide bonds. The van der Waals surface area contributed by atoms with Crippen LogP contribution in [-0.4, -0.2) is 54.3 Å². The highest BCUT2D eigenvalue weighted by atomic mass is 32.1. The van der Waals surface area contributed by atoms with Gasteiger partial charge in [0, 0.05) is 30.0 Å². The minimum absolute atomic E-state index is 0.0774. The Balaban J connectivity index is 1.50. The van der Waals surface area contributed by atoms with E-state index in [1.165, 1.54) is 11.3 Å². The molecule has 0 atom stereocenters. The first-order valence-corrected chi connectivity index (χ1v) is 10.4. The second-order valence-corrected chi connectivity index (χ2v) is 7.79. The van der Waals surface area contributed by atoms with Gasteiger partial charge in [-0.2, -0.15) is 11.3 Å². The highest BCUT2D eigenvalue weighted by Gasteiger charge is 2.27. The third-order valence-electron chi connectivity index (χ3n) is 4.99. The molecule has 0 aliphatic carbocycles. The van der Waals surface area contributed by atoms with Crippen molar-refractivity contribution in [3.8, 4) is 0 Å². The molecule has 1 fully saturated rings. The number of carbonyl (C=O) groups excluding carboxylic acids is 2. The molecule has 27 heavy (non-hydrogen) atoms. The van der Waals surface area contributed by atoms with Crippen LogP contribution in [0, 0.1) is 0 Å². The normalized spacial score (nSPS) is 15.6. The van der Waals surface area contributed by atoms with E-state index in [9.17, 15) is 9.59 Å². The molecule has 0 radical (unpaired) electrons. The standard InChI is InChI=1S/C20H27N3O3S/c1-22-10-6-17(7-11-22)23(14-18-4-3-12-26-18)19(24)5-2-9-21-20(25)16-8-13-27-15-16/h3-4,8,12-13,15,17H,2,5-7,9-11,14H2,1H3,(H,21,25). The van der Waals surface area contributed by atoms with Crippen molar-refractivity contribution < 1.29 is 14.0 Å². The molecule has 0 aromatic carbocycles. The molecule has 1 aliphatic rings. The van der Waals surface area contributed by atoms with Crippen molar-refractivity contribution in [1.29, 1.82) is 0 Å². The predicted octanol–water partition coefficient (Wildman–Crippen LogP) is 2.97. The number of furan rings is 1. The van der Waals surface area contributed by atoms with E-state index in [-0.39, 0.29) is 17.9 Å². The molecule has 0 unspecified atom stereocenters. The van der Waals surface area contributed by atoms with E-state index in [1.807, 2.05) is 27.8 Å². The Morgan fingerprint density at radius 3 is 2.81 bits per heavy atom. The summed E-state index contributed by atoms with van der Waals surface area (Å²) in [7, 11) is 2.12. The highest BCUT2D eigenvalue weighted by Crippen LogP contribution is 2.20. The van der Waals surface area contributed by atoms with Crippen LogP contribution in [0.3, 0.4) is 0 Å². The number of amides is 2. The summed E-state index contributed by atoms with van der Waals surface area (Å²) in [4.78, 5) is 29.1. The molecule has 3 heterocycles. The number of hydrogen-bond donors (Lipinski definition) is 1. The first-order chi connectivity index (χ1) is 13.1. The number of likely N-dealkylation sites (tertiary alicyclic amines) is 1. The second kappa shape index (κ2) is 9.71. The van der Waals surface area contributed by atoms with Crippen molar-refractivity contribution in [1.82, 2.24) is 15.1 Å². The van der Waals surface area contributed by atoms with Crippen molar-refractivity contribution >= 4 is 23.2 Å². The van der Waals surface area contributed by atoms with Crippen LogP contribution >= 0.6 is 11.3 Å². The molecule has 3 rings (SSSR count). The molecule has 1 saturated heterocycles. The zero-order valence-corrected chi connectivity index (χ0v) is 16.5. The number of thiophene rings is 1. The largest absolute Gasteiger partial charge is 0.467 e. The predicted molar refractivity (Wildman–Crippen MR) is 106 cm³/mol. The molecular weight excluding hydrogens is 362 g/mol. The van der Waals surface area contributed by atoms with E-state index in [2.05, 4.69) is 17.3 Å². The van der Waals surface area contributed by atoms with E-state index in [0.29, 0.717) is 31.5 Å². The Hall–Kier alpha value is -2.12. The molecule has 7 heteroatoms. The fourth-order valence-electron chi connectivity index (χ4n) is 3.38. The van der Waals surface area contributed by atoms with E-state index >= 15 is 0 Å². The molecule has 6 nitrogen and oxygen atoms in total. The summed E-state index contributed by atoms with van der Waals surface area (Å²) in [6.45, 7) is 3.02. The number of carbonyl (C=O) groups is 2. The summed E-state index contributed by atoms with van der Waals surface area (Å²) < 4.78 is 5.46. The smallest absolute Gasteiger partial charge is 0.252 e. The molecule has 1 N–H and O–H groups in total. The van der Waals surface area contributed by atoms with Crippen LogP contribution in [0.1, 0.15) is 41.8 Å². The van der Waals surface area contributed by atoms with Crippen molar-refractivity contribution in [2.75, 3.05) is 26.7 Å². The van der Waals surface area contributed by atoms with E-state index in [1.54, 1.807) is 12.3 Å². The fraction of sp³-hybridized carbons (Fsp3) is 0.500. The van der Waals surface area contributed by atoms with E-state index in [0.717, 1.165) is 31.7 Å². The lowest BCUT2D eigenvalue weighted by atomic mass is 10.0. The third kappa shape index (κ3) is 5.68. The lowest BCUT2D eigenvalue weighted by Crippen LogP contribution is -2.46. The molecule has 2 aromatic rings. The Morgan fingerprint density at radius 1 is 1.33 bits per heavy atom. The van der Waals surface area contributed by atoms with Gasteiger partial charge in [-0.1, -0.05) is 0 Å². The van der Waals surface area contributed by atoms with Crippen LogP contribution in [-0.2, 0) is 11.3 Å². The van der Waals surface area contributed by atoms with Crippen molar-refractivity contribution in [2.45, 2.75) is 38.3 Å². The minimum atomic E-state index is -0.0774.